The fraction of sp³-hybridized carbons (Fsp3) is 0.229. The first kappa shape index (κ1) is 32.1. The van der Waals surface area contributed by atoms with E-state index < -0.39 is 16.9 Å². The lowest BCUT2D eigenvalue weighted by atomic mass is 9.95. The molecule has 3 heterocycles. The Labute approximate surface area is 282 Å². The van der Waals surface area contributed by atoms with Crippen LogP contribution in [0.2, 0.25) is 0 Å². The van der Waals surface area contributed by atoms with E-state index in [2.05, 4.69) is 20.5 Å². The van der Waals surface area contributed by atoms with E-state index in [1.165, 1.54) is 23.5 Å². The second-order valence-electron chi connectivity index (χ2n) is 11.4. The van der Waals surface area contributed by atoms with Gasteiger partial charge < -0.3 is 14.0 Å². The second kappa shape index (κ2) is 12.8. The molecule has 10 nitrogen and oxygen atoms in total. The van der Waals surface area contributed by atoms with Gasteiger partial charge in [-0.1, -0.05) is 57.6 Å². The fourth-order valence-electron chi connectivity index (χ4n) is 5.95. The number of hydrogen-bond donors (Lipinski definition) is 0. The molecule has 47 heavy (non-hydrogen) atoms. The number of carbonyl (C=O) groups excluding carboxylic acids is 1. The number of non-ortho nitro benzene ring substituents is 1. The quantitative estimate of drug-likeness (QED) is 0.108. The minimum Gasteiger partial charge on any atom is -0.496 e. The lowest BCUT2D eigenvalue weighted by Crippen LogP contribution is -2.40. The number of nitro benzene ring substituents is 1. The van der Waals surface area contributed by atoms with Gasteiger partial charge in [0.2, 0.25) is 0 Å². The molecule has 0 unspecified atom stereocenters. The van der Waals surface area contributed by atoms with Gasteiger partial charge in [-0.3, -0.25) is 19.5 Å². The average Bonchev–Trinajstić information content (AvgIpc) is 3.48. The molecular formula is C35H31BrN4O6S. The molecule has 0 saturated carbocycles. The van der Waals surface area contributed by atoms with Crippen molar-refractivity contribution in [3.8, 4) is 5.75 Å². The summed E-state index contributed by atoms with van der Waals surface area (Å²) in [5.41, 5.74) is 4.77. The minimum atomic E-state index is -0.836. The van der Waals surface area contributed by atoms with Crippen LogP contribution in [0.3, 0.4) is 0 Å². The maximum Gasteiger partial charge on any atom is 0.338 e. The zero-order chi connectivity index (χ0) is 33.6. The van der Waals surface area contributed by atoms with E-state index in [4.69, 9.17) is 14.5 Å². The number of benzene rings is 3. The number of esters is 1. The van der Waals surface area contributed by atoms with Crippen molar-refractivity contribution in [1.29, 1.82) is 0 Å². The van der Waals surface area contributed by atoms with Crippen LogP contribution in [-0.2, 0) is 16.1 Å². The van der Waals surface area contributed by atoms with Crippen molar-refractivity contribution in [1.82, 2.24) is 9.13 Å². The molecule has 1 atom stereocenters. The van der Waals surface area contributed by atoms with E-state index in [0.717, 1.165) is 32.2 Å². The Balaban J connectivity index is 1.54. The van der Waals surface area contributed by atoms with Crippen molar-refractivity contribution in [2.75, 3.05) is 7.11 Å². The largest absolute Gasteiger partial charge is 0.496 e. The summed E-state index contributed by atoms with van der Waals surface area (Å²) in [7, 11) is 1.55. The third-order valence-corrected chi connectivity index (χ3v) is 9.59. The SMILES string of the molecule is COc1ccc(Br)cc1[C@@H]1C(C(=O)OC(C)C)=C(C)N=c2s/c(=C\c3c(C)n(Cc4ccc([N+](=O)[O-])cc4)c4ccccc34)c(=O)n21. The number of methoxy groups -OCH3 is 1. The highest BCUT2D eigenvalue weighted by molar-refractivity contribution is 9.10. The van der Waals surface area contributed by atoms with Crippen LogP contribution < -0.4 is 19.6 Å². The van der Waals surface area contributed by atoms with Crippen molar-refractivity contribution in [2.24, 2.45) is 4.99 Å². The topological polar surface area (TPSA) is 118 Å². The van der Waals surface area contributed by atoms with Crippen LogP contribution in [0.1, 0.15) is 49.2 Å². The van der Waals surface area contributed by atoms with Gasteiger partial charge in [-0.25, -0.2) is 9.79 Å². The number of fused-ring (bicyclic) bond motifs is 2. The predicted molar refractivity (Wildman–Crippen MR) is 185 cm³/mol. The summed E-state index contributed by atoms with van der Waals surface area (Å²) in [5.74, 6) is -0.0322. The van der Waals surface area contributed by atoms with E-state index >= 15 is 0 Å². The fourth-order valence-corrected chi connectivity index (χ4v) is 7.36. The van der Waals surface area contributed by atoms with Gasteiger partial charge in [-0.15, -0.1) is 0 Å². The summed E-state index contributed by atoms with van der Waals surface area (Å²) >= 11 is 4.80. The zero-order valence-electron chi connectivity index (χ0n) is 26.3. The van der Waals surface area contributed by atoms with E-state index in [0.29, 0.717) is 32.9 Å². The summed E-state index contributed by atoms with van der Waals surface area (Å²) in [6.45, 7) is 7.79. The first-order chi connectivity index (χ1) is 22.5. The van der Waals surface area contributed by atoms with Crippen LogP contribution in [0.15, 0.2) is 92.3 Å². The maximum absolute atomic E-state index is 14.4. The third kappa shape index (κ3) is 5.94. The van der Waals surface area contributed by atoms with E-state index in [1.54, 1.807) is 50.6 Å². The van der Waals surface area contributed by atoms with Gasteiger partial charge in [-0.05, 0) is 63.6 Å². The van der Waals surface area contributed by atoms with Crippen LogP contribution in [0.4, 0.5) is 5.69 Å². The first-order valence-electron chi connectivity index (χ1n) is 14.9. The highest BCUT2D eigenvalue weighted by Crippen LogP contribution is 2.37. The maximum atomic E-state index is 14.4. The molecule has 0 spiro atoms. The van der Waals surface area contributed by atoms with Crippen LogP contribution >= 0.6 is 27.3 Å². The normalized spacial score (nSPS) is 14.8. The minimum absolute atomic E-state index is 0.0357. The summed E-state index contributed by atoms with van der Waals surface area (Å²) in [6, 6.07) is 19.1. The van der Waals surface area contributed by atoms with E-state index in [-0.39, 0.29) is 22.9 Å². The van der Waals surface area contributed by atoms with Crippen molar-refractivity contribution in [3.05, 3.63) is 135 Å². The molecule has 5 aromatic rings. The predicted octanol–water partition coefficient (Wildman–Crippen LogP) is 6.18. The number of hydrogen-bond acceptors (Lipinski definition) is 8. The Morgan fingerprint density at radius 3 is 2.53 bits per heavy atom. The number of rotatable bonds is 8. The van der Waals surface area contributed by atoms with Crippen LogP contribution in [0.5, 0.6) is 5.75 Å². The van der Waals surface area contributed by atoms with Gasteiger partial charge >= 0.3 is 5.97 Å². The Bertz CT molecular complexity index is 2280. The first-order valence-corrected chi connectivity index (χ1v) is 16.5. The van der Waals surface area contributed by atoms with Crippen LogP contribution in [0, 0.1) is 17.0 Å². The molecule has 0 amide bonds. The highest BCUT2D eigenvalue weighted by atomic mass is 79.9. The van der Waals surface area contributed by atoms with Gasteiger partial charge in [0.15, 0.2) is 4.80 Å². The average molecular weight is 716 g/mol. The molecule has 1 aliphatic rings. The number of nitrogens with zero attached hydrogens (tertiary/aromatic N) is 4. The number of nitro groups is 1. The van der Waals surface area contributed by atoms with Gasteiger partial charge in [-0.2, -0.15) is 0 Å². The lowest BCUT2D eigenvalue weighted by Gasteiger charge is -2.26. The Hall–Kier alpha value is -4.81. The van der Waals surface area contributed by atoms with Gasteiger partial charge in [0.25, 0.3) is 11.2 Å². The second-order valence-corrected chi connectivity index (χ2v) is 13.4. The number of allylic oxidation sites excluding steroid dienone is 1. The number of carbonyl (C=O) groups is 1. The van der Waals surface area contributed by atoms with E-state index in [9.17, 15) is 19.7 Å². The van der Waals surface area contributed by atoms with Crippen LogP contribution in [0.25, 0.3) is 17.0 Å². The monoisotopic (exact) mass is 714 g/mol. The molecule has 6 rings (SSSR count). The summed E-state index contributed by atoms with van der Waals surface area (Å²) < 4.78 is 16.3. The summed E-state index contributed by atoms with van der Waals surface area (Å²) in [5, 5.41) is 12.1. The molecule has 0 bridgehead atoms. The Morgan fingerprint density at radius 2 is 1.85 bits per heavy atom. The highest BCUT2D eigenvalue weighted by Gasteiger charge is 2.35. The zero-order valence-corrected chi connectivity index (χ0v) is 28.7. The lowest BCUT2D eigenvalue weighted by molar-refractivity contribution is -0.384. The molecule has 0 radical (unpaired) electrons. The van der Waals surface area contributed by atoms with E-state index in [1.807, 2.05) is 49.4 Å². The standard InChI is InChI=1S/C35H31BrN4O6S/c1-19(2)46-34(42)31-20(3)37-35-39(32(31)27-16-23(36)12-15-29(27)45-5)33(41)30(47-35)17-26-21(4)38(28-9-7-6-8-25(26)28)18-22-10-13-24(14-11-22)40(43)44/h6-17,19,32H,18H2,1-5H3/b30-17-/t32-/m1/s1. The van der Waals surface area contributed by atoms with Gasteiger partial charge in [0.05, 0.1) is 33.9 Å². The number of ether oxygens (including phenoxy) is 2. The third-order valence-electron chi connectivity index (χ3n) is 8.11. The molecule has 0 saturated heterocycles. The Kier molecular flexibility index (Phi) is 8.73. The molecule has 1 aliphatic heterocycles. The molecule has 0 fully saturated rings. The van der Waals surface area contributed by atoms with Crippen LogP contribution in [-0.4, -0.2) is 33.2 Å². The molecule has 0 aliphatic carbocycles. The van der Waals surface area contributed by atoms with Crippen molar-refractivity contribution < 1.29 is 19.2 Å². The summed E-state index contributed by atoms with van der Waals surface area (Å²) in [6.07, 6.45) is 1.51. The molecule has 3 aromatic carbocycles. The summed E-state index contributed by atoms with van der Waals surface area (Å²) in [4.78, 5) is 43.9. The van der Waals surface area contributed by atoms with Crippen molar-refractivity contribution in [3.63, 3.8) is 0 Å². The Morgan fingerprint density at radius 1 is 1.13 bits per heavy atom. The number of para-hydroxylation sites is 1. The molecule has 240 valence electrons. The molecule has 2 aromatic heterocycles. The smallest absolute Gasteiger partial charge is 0.338 e. The number of aromatic nitrogens is 2. The van der Waals surface area contributed by atoms with Gasteiger partial charge in [0.1, 0.15) is 11.8 Å². The van der Waals surface area contributed by atoms with Crippen molar-refractivity contribution in [2.45, 2.75) is 46.4 Å². The molecule has 0 N–H and O–H groups in total. The number of thiazole rings is 1. The van der Waals surface area contributed by atoms with Gasteiger partial charge in [0, 0.05) is 50.9 Å². The van der Waals surface area contributed by atoms with Crippen molar-refractivity contribution >= 4 is 55.9 Å². The molecule has 12 heteroatoms. The number of halogens is 1. The molecular weight excluding hydrogens is 684 g/mol.